The molecule has 0 aliphatic carbocycles. The van der Waals surface area contributed by atoms with E-state index < -0.39 is 11.7 Å². The standard InChI is InChI=1S/C17H16F3N/c1-11-5-6-14-9-13(7-8-16(14)21-11)12-3-2-4-15(10-12)17(18,19)20/h2-4,7-11,21H,5-6H2,1H3. The van der Waals surface area contributed by atoms with Gasteiger partial charge in [0.1, 0.15) is 0 Å². The second-order valence-corrected chi connectivity index (χ2v) is 5.53. The molecule has 4 heteroatoms. The highest BCUT2D eigenvalue weighted by Crippen LogP contribution is 2.34. The number of aryl methyl sites for hydroxylation is 1. The quantitative estimate of drug-likeness (QED) is 0.769. The number of hydrogen-bond acceptors (Lipinski definition) is 1. The molecule has 21 heavy (non-hydrogen) atoms. The van der Waals surface area contributed by atoms with Crippen LogP contribution in [-0.2, 0) is 12.6 Å². The van der Waals surface area contributed by atoms with Crippen LogP contribution in [0.25, 0.3) is 11.1 Å². The molecule has 3 rings (SSSR count). The predicted octanol–water partition coefficient (Wildman–Crippen LogP) is 5.12. The van der Waals surface area contributed by atoms with E-state index in [0.717, 1.165) is 30.2 Å². The summed E-state index contributed by atoms with van der Waals surface area (Å²) in [6.07, 6.45) is -2.31. The summed E-state index contributed by atoms with van der Waals surface area (Å²) in [5.41, 5.74) is 3.08. The average molecular weight is 291 g/mol. The Morgan fingerprint density at radius 3 is 2.57 bits per heavy atom. The van der Waals surface area contributed by atoms with E-state index in [1.54, 1.807) is 6.07 Å². The van der Waals surface area contributed by atoms with E-state index in [2.05, 4.69) is 12.2 Å². The lowest BCUT2D eigenvalue weighted by atomic mass is 9.94. The van der Waals surface area contributed by atoms with Crippen LogP contribution in [0, 0.1) is 0 Å². The van der Waals surface area contributed by atoms with E-state index in [9.17, 15) is 13.2 Å². The van der Waals surface area contributed by atoms with Crippen LogP contribution < -0.4 is 5.32 Å². The van der Waals surface area contributed by atoms with Crippen LogP contribution >= 0.6 is 0 Å². The third-order valence-corrected chi connectivity index (χ3v) is 3.88. The number of nitrogens with one attached hydrogen (secondary N) is 1. The number of fused-ring (bicyclic) bond motifs is 1. The summed E-state index contributed by atoms with van der Waals surface area (Å²) in [5, 5.41) is 3.39. The lowest BCUT2D eigenvalue weighted by Crippen LogP contribution is -2.21. The molecule has 1 unspecified atom stereocenters. The first-order chi connectivity index (χ1) is 9.93. The maximum atomic E-state index is 12.8. The fourth-order valence-corrected chi connectivity index (χ4v) is 2.71. The molecule has 1 atom stereocenters. The largest absolute Gasteiger partial charge is 0.416 e. The van der Waals surface area contributed by atoms with Crippen molar-refractivity contribution in [1.29, 1.82) is 0 Å². The minimum absolute atomic E-state index is 0.442. The first-order valence-corrected chi connectivity index (χ1v) is 7.00. The van der Waals surface area contributed by atoms with Gasteiger partial charge >= 0.3 is 6.18 Å². The highest BCUT2D eigenvalue weighted by molar-refractivity contribution is 5.70. The molecular weight excluding hydrogens is 275 g/mol. The topological polar surface area (TPSA) is 12.0 Å². The number of hydrogen-bond donors (Lipinski definition) is 1. The van der Waals surface area contributed by atoms with Crippen molar-refractivity contribution >= 4 is 5.69 Å². The minimum atomic E-state index is -4.30. The van der Waals surface area contributed by atoms with Crippen molar-refractivity contribution in [2.24, 2.45) is 0 Å². The first-order valence-electron chi connectivity index (χ1n) is 7.00. The summed E-state index contributed by atoms with van der Waals surface area (Å²) in [4.78, 5) is 0. The van der Waals surface area contributed by atoms with E-state index >= 15 is 0 Å². The molecule has 0 aromatic heterocycles. The molecule has 0 saturated carbocycles. The first kappa shape index (κ1) is 14.0. The highest BCUT2D eigenvalue weighted by atomic mass is 19.4. The van der Waals surface area contributed by atoms with Gasteiger partial charge in [0.25, 0.3) is 0 Å². The van der Waals surface area contributed by atoms with E-state index in [-0.39, 0.29) is 0 Å². The van der Waals surface area contributed by atoms with Crippen LogP contribution in [-0.4, -0.2) is 6.04 Å². The fraction of sp³-hybridized carbons (Fsp3) is 0.294. The van der Waals surface area contributed by atoms with Crippen LogP contribution in [0.3, 0.4) is 0 Å². The molecule has 0 bridgehead atoms. The van der Waals surface area contributed by atoms with Gasteiger partial charge in [-0.1, -0.05) is 18.2 Å². The van der Waals surface area contributed by atoms with E-state index in [4.69, 9.17) is 0 Å². The number of halogens is 3. The summed E-state index contributed by atoms with van der Waals surface area (Å²) >= 11 is 0. The lowest BCUT2D eigenvalue weighted by Gasteiger charge is -2.24. The van der Waals surface area contributed by atoms with E-state index in [0.29, 0.717) is 11.6 Å². The molecule has 1 nitrogen and oxygen atoms in total. The van der Waals surface area contributed by atoms with Crippen molar-refractivity contribution in [3.05, 3.63) is 53.6 Å². The molecule has 1 N–H and O–H groups in total. The Balaban J connectivity index is 1.98. The molecule has 0 radical (unpaired) electrons. The Bertz CT molecular complexity index is 661. The lowest BCUT2D eigenvalue weighted by molar-refractivity contribution is -0.137. The fourth-order valence-electron chi connectivity index (χ4n) is 2.71. The van der Waals surface area contributed by atoms with Crippen LogP contribution in [0.2, 0.25) is 0 Å². The Morgan fingerprint density at radius 2 is 1.81 bits per heavy atom. The van der Waals surface area contributed by atoms with Crippen LogP contribution in [0.1, 0.15) is 24.5 Å². The summed E-state index contributed by atoms with van der Waals surface area (Å²) in [7, 11) is 0. The second kappa shape index (κ2) is 5.10. The van der Waals surface area contributed by atoms with Gasteiger partial charge in [-0.3, -0.25) is 0 Å². The average Bonchev–Trinajstić information content (AvgIpc) is 2.46. The van der Waals surface area contributed by atoms with Crippen molar-refractivity contribution in [3.8, 4) is 11.1 Å². The molecule has 1 aliphatic heterocycles. The maximum Gasteiger partial charge on any atom is 0.416 e. The zero-order valence-corrected chi connectivity index (χ0v) is 11.7. The van der Waals surface area contributed by atoms with Crippen molar-refractivity contribution < 1.29 is 13.2 Å². The van der Waals surface area contributed by atoms with E-state index in [1.807, 2.05) is 18.2 Å². The van der Waals surface area contributed by atoms with Gasteiger partial charge < -0.3 is 5.32 Å². The second-order valence-electron chi connectivity index (χ2n) is 5.53. The van der Waals surface area contributed by atoms with Gasteiger partial charge in [0.15, 0.2) is 0 Å². The highest BCUT2D eigenvalue weighted by Gasteiger charge is 2.30. The van der Waals surface area contributed by atoms with Crippen molar-refractivity contribution in [2.45, 2.75) is 32.0 Å². The molecule has 0 saturated heterocycles. The van der Waals surface area contributed by atoms with Crippen molar-refractivity contribution in [2.75, 3.05) is 5.32 Å². The van der Waals surface area contributed by atoms with Gasteiger partial charge in [0.05, 0.1) is 5.56 Å². The molecule has 0 fully saturated rings. The zero-order valence-electron chi connectivity index (χ0n) is 11.7. The Morgan fingerprint density at radius 1 is 1.05 bits per heavy atom. The van der Waals surface area contributed by atoms with Gasteiger partial charge in [0, 0.05) is 11.7 Å². The predicted molar refractivity (Wildman–Crippen MR) is 78.3 cm³/mol. The molecule has 2 aromatic rings. The number of benzene rings is 2. The summed E-state index contributed by atoms with van der Waals surface area (Å²) in [6.45, 7) is 2.13. The summed E-state index contributed by atoms with van der Waals surface area (Å²) < 4.78 is 38.4. The van der Waals surface area contributed by atoms with E-state index in [1.165, 1.54) is 17.7 Å². The Labute approximate surface area is 121 Å². The monoisotopic (exact) mass is 291 g/mol. The van der Waals surface area contributed by atoms with Gasteiger partial charge in [-0.25, -0.2) is 0 Å². The maximum absolute atomic E-state index is 12.8. The Hall–Kier alpha value is -1.97. The van der Waals surface area contributed by atoms with Crippen LogP contribution in [0.15, 0.2) is 42.5 Å². The van der Waals surface area contributed by atoms with Crippen molar-refractivity contribution in [3.63, 3.8) is 0 Å². The van der Waals surface area contributed by atoms with Gasteiger partial charge in [-0.2, -0.15) is 13.2 Å². The minimum Gasteiger partial charge on any atom is -0.382 e. The molecule has 1 aliphatic rings. The number of rotatable bonds is 1. The van der Waals surface area contributed by atoms with Crippen molar-refractivity contribution in [1.82, 2.24) is 0 Å². The summed E-state index contributed by atoms with van der Waals surface area (Å²) in [5.74, 6) is 0. The zero-order chi connectivity index (χ0) is 15.0. The van der Waals surface area contributed by atoms with Gasteiger partial charge in [-0.15, -0.1) is 0 Å². The Kier molecular flexibility index (Phi) is 3.40. The number of anilines is 1. The summed E-state index contributed by atoms with van der Waals surface area (Å²) in [6, 6.07) is 11.8. The van der Waals surface area contributed by atoms with Crippen LogP contribution in [0.4, 0.5) is 18.9 Å². The molecule has 1 heterocycles. The van der Waals surface area contributed by atoms with Gasteiger partial charge in [0.2, 0.25) is 0 Å². The SMILES string of the molecule is CC1CCc2cc(-c3cccc(C(F)(F)F)c3)ccc2N1. The molecular formula is C17H16F3N. The smallest absolute Gasteiger partial charge is 0.382 e. The molecule has 0 amide bonds. The molecule has 2 aromatic carbocycles. The third kappa shape index (κ3) is 2.89. The third-order valence-electron chi connectivity index (χ3n) is 3.88. The van der Waals surface area contributed by atoms with Crippen LogP contribution in [0.5, 0.6) is 0 Å². The van der Waals surface area contributed by atoms with Gasteiger partial charge in [-0.05, 0) is 60.7 Å². The normalized spacial score (nSPS) is 18.0. The molecule has 110 valence electrons. The number of alkyl halides is 3. The molecule has 0 spiro atoms.